The highest BCUT2D eigenvalue weighted by Gasteiger charge is 2.37. The number of hydrogen-bond donors (Lipinski definition) is 3. The Morgan fingerprint density at radius 2 is 1.66 bits per heavy atom. The number of aromatic nitrogens is 3. The van der Waals surface area contributed by atoms with Gasteiger partial charge in [0.2, 0.25) is 5.88 Å². The minimum absolute atomic E-state index is 0.0308. The Morgan fingerprint density at radius 1 is 1.03 bits per heavy atom. The van der Waals surface area contributed by atoms with E-state index in [1.807, 2.05) is 0 Å². The van der Waals surface area contributed by atoms with Gasteiger partial charge in [0.1, 0.15) is 0 Å². The Morgan fingerprint density at radius 3 is 2.25 bits per heavy atom. The molecule has 0 bridgehead atoms. The van der Waals surface area contributed by atoms with E-state index in [-0.39, 0.29) is 11.8 Å². The van der Waals surface area contributed by atoms with Crippen molar-refractivity contribution in [2.75, 3.05) is 0 Å². The van der Waals surface area contributed by atoms with Crippen LogP contribution in [0.4, 0.5) is 17.6 Å². The third kappa shape index (κ3) is 3.10. The van der Waals surface area contributed by atoms with Crippen LogP contribution in [0.1, 0.15) is 31.1 Å². The Kier molecular flexibility index (Phi) is 4.76. The Hall–Kier alpha value is -3.82. The Bertz CT molecular complexity index is 1370. The van der Waals surface area contributed by atoms with E-state index in [0.717, 1.165) is 4.57 Å². The molecule has 0 saturated heterocycles. The third-order valence-corrected chi connectivity index (χ3v) is 5.04. The lowest BCUT2D eigenvalue weighted by Gasteiger charge is -2.19. The average molecular weight is 447 g/mol. The number of Topliss-reactive ketones (excluding diaryl/α,β-unsaturated/α-hetero) is 1. The summed E-state index contributed by atoms with van der Waals surface area (Å²) in [6.45, 7) is 4.42. The van der Waals surface area contributed by atoms with Crippen LogP contribution in [0.15, 0.2) is 30.6 Å². The quantitative estimate of drug-likeness (QED) is 0.228. The van der Waals surface area contributed by atoms with Gasteiger partial charge in [-0.2, -0.15) is 0 Å². The summed E-state index contributed by atoms with van der Waals surface area (Å²) in [5.41, 5.74) is -2.81. The van der Waals surface area contributed by atoms with E-state index in [9.17, 15) is 32.6 Å². The van der Waals surface area contributed by atoms with E-state index >= 15 is 0 Å². The molecule has 32 heavy (non-hydrogen) atoms. The monoisotopic (exact) mass is 447 g/mol. The van der Waals surface area contributed by atoms with Gasteiger partial charge in [-0.25, -0.2) is 22.5 Å². The number of nitrogens with zero attached hydrogens (tertiary/aromatic N) is 2. The zero-order chi connectivity index (χ0) is 23.5. The van der Waals surface area contributed by atoms with E-state index in [1.54, 1.807) is 0 Å². The molecular formula is C22H17F4N3O3. The van der Waals surface area contributed by atoms with Crippen LogP contribution in [0.25, 0.3) is 28.0 Å². The van der Waals surface area contributed by atoms with Crippen LogP contribution >= 0.6 is 0 Å². The molecule has 6 nitrogen and oxygen atoms in total. The van der Waals surface area contributed by atoms with Crippen LogP contribution < -0.4 is 0 Å². The van der Waals surface area contributed by atoms with Crippen LogP contribution in [0, 0.1) is 28.7 Å². The molecule has 2 aromatic heterocycles. The number of halogens is 4. The van der Waals surface area contributed by atoms with Crippen LogP contribution in [-0.2, 0) is 0 Å². The number of ketones is 1. The molecule has 0 fully saturated rings. The number of aromatic amines is 1. The van der Waals surface area contributed by atoms with Gasteiger partial charge in [-0.1, -0.05) is 20.8 Å². The van der Waals surface area contributed by atoms with Crippen molar-refractivity contribution in [2.45, 2.75) is 20.8 Å². The topological polar surface area (TPSA) is 91.1 Å². The van der Waals surface area contributed by atoms with Crippen LogP contribution in [0.3, 0.4) is 0 Å². The first kappa shape index (κ1) is 21.4. The fourth-order valence-corrected chi connectivity index (χ4v) is 3.47. The lowest BCUT2D eigenvalue weighted by molar-refractivity contribution is 0.0856. The molecule has 166 valence electrons. The number of rotatable bonds is 3. The van der Waals surface area contributed by atoms with Crippen molar-refractivity contribution in [3.63, 3.8) is 0 Å². The zero-order valence-electron chi connectivity index (χ0n) is 17.1. The standard InChI is InChI=1S/C22H17F4N3O3/c1-22(2,3)20(31)15-18(14-16(25)10(23)7-11(24)17(14)26)29(21(32)19(15)30)9-4-5-12-13(6-9)28-8-27-12/h4-8,30,32H,1-3H3,(H,27,28). The number of imidazole rings is 1. The van der Waals surface area contributed by atoms with Gasteiger partial charge in [0.25, 0.3) is 0 Å². The molecule has 0 spiro atoms. The fraction of sp³-hybridized carbons (Fsp3) is 0.182. The van der Waals surface area contributed by atoms with Crippen molar-refractivity contribution >= 4 is 16.8 Å². The highest BCUT2D eigenvalue weighted by atomic mass is 19.2. The van der Waals surface area contributed by atoms with Crippen LogP contribution in [0.2, 0.25) is 0 Å². The van der Waals surface area contributed by atoms with Crippen LogP contribution in [0.5, 0.6) is 11.6 Å². The average Bonchev–Trinajstić information content (AvgIpc) is 3.28. The summed E-state index contributed by atoms with van der Waals surface area (Å²) in [7, 11) is 0. The second-order valence-electron chi connectivity index (χ2n) is 8.26. The highest BCUT2D eigenvalue weighted by Crippen LogP contribution is 2.47. The molecule has 4 rings (SSSR count). The van der Waals surface area contributed by atoms with E-state index in [0.29, 0.717) is 11.0 Å². The summed E-state index contributed by atoms with van der Waals surface area (Å²) in [6.07, 6.45) is 1.39. The molecule has 4 aromatic rings. The third-order valence-electron chi connectivity index (χ3n) is 5.04. The van der Waals surface area contributed by atoms with E-state index in [1.165, 1.54) is 45.3 Å². The van der Waals surface area contributed by atoms with Crippen molar-refractivity contribution in [3.05, 3.63) is 59.4 Å². The molecule has 0 amide bonds. The first-order valence-electron chi connectivity index (χ1n) is 9.41. The molecule has 3 N–H and O–H groups in total. The molecule has 0 atom stereocenters. The minimum Gasteiger partial charge on any atom is -0.503 e. The molecular weight excluding hydrogens is 430 g/mol. The van der Waals surface area contributed by atoms with Crippen molar-refractivity contribution in [1.29, 1.82) is 0 Å². The molecule has 2 aromatic carbocycles. The number of carbonyl (C=O) groups excluding carboxylic acids is 1. The van der Waals surface area contributed by atoms with E-state index in [4.69, 9.17) is 0 Å². The minimum atomic E-state index is -1.78. The summed E-state index contributed by atoms with van der Waals surface area (Å²) >= 11 is 0. The normalized spacial score (nSPS) is 12.0. The van der Waals surface area contributed by atoms with Gasteiger partial charge < -0.3 is 15.2 Å². The molecule has 10 heteroatoms. The lowest BCUT2D eigenvalue weighted by Crippen LogP contribution is -2.21. The number of carbonyl (C=O) groups is 1. The van der Waals surface area contributed by atoms with Gasteiger partial charge in [-0.15, -0.1) is 0 Å². The van der Waals surface area contributed by atoms with Crippen molar-refractivity contribution in [3.8, 4) is 28.6 Å². The predicted molar refractivity (Wildman–Crippen MR) is 108 cm³/mol. The van der Waals surface area contributed by atoms with Gasteiger partial charge in [0.05, 0.1) is 39.9 Å². The van der Waals surface area contributed by atoms with E-state index in [2.05, 4.69) is 9.97 Å². The lowest BCUT2D eigenvalue weighted by atomic mass is 9.85. The predicted octanol–water partition coefficient (Wildman–Crippen LogP) is 5.22. The summed E-state index contributed by atoms with van der Waals surface area (Å²) in [6, 6.07) is 4.35. The van der Waals surface area contributed by atoms with Crippen LogP contribution in [-0.4, -0.2) is 30.5 Å². The smallest absolute Gasteiger partial charge is 0.240 e. The second kappa shape index (κ2) is 7.11. The maximum atomic E-state index is 14.8. The molecule has 0 saturated carbocycles. The van der Waals surface area contributed by atoms with Crippen molar-refractivity contribution < 1.29 is 32.6 Å². The number of benzene rings is 2. The SMILES string of the molecule is CC(C)(C)C(=O)c1c(O)c(O)n(-c2ccc3nc[nH]c3c2)c1-c1c(F)c(F)cc(F)c1F. The number of aromatic hydroxyl groups is 2. The van der Waals surface area contributed by atoms with Gasteiger partial charge in [-0.3, -0.25) is 9.36 Å². The Balaban J connectivity index is 2.19. The van der Waals surface area contributed by atoms with Gasteiger partial charge >= 0.3 is 0 Å². The summed E-state index contributed by atoms with van der Waals surface area (Å²) < 4.78 is 58.5. The molecule has 0 aliphatic rings. The highest BCUT2D eigenvalue weighted by molar-refractivity contribution is 6.08. The second-order valence-corrected chi connectivity index (χ2v) is 8.26. The fourth-order valence-electron chi connectivity index (χ4n) is 3.47. The first-order valence-corrected chi connectivity index (χ1v) is 9.41. The maximum Gasteiger partial charge on any atom is 0.240 e. The molecule has 2 heterocycles. The summed E-state index contributed by atoms with van der Waals surface area (Å²) in [4.78, 5) is 20.0. The largest absolute Gasteiger partial charge is 0.503 e. The number of fused-ring (bicyclic) bond motifs is 1. The number of H-pyrrole nitrogens is 1. The molecule has 0 radical (unpaired) electrons. The Labute approximate surface area is 178 Å². The first-order chi connectivity index (χ1) is 14.9. The van der Waals surface area contributed by atoms with Crippen molar-refractivity contribution in [2.24, 2.45) is 5.41 Å². The maximum absolute atomic E-state index is 14.8. The van der Waals surface area contributed by atoms with Gasteiger partial charge in [0.15, 0.2) is 34.8 Å². The summed E-state index contributed by atoms with van der Waals surface area (Å²) in [5.74, 6) is -9.71. The van der Waals surface area contributed by atoms with Gasteiger partial charge in [-0.05, 0) is 18.2 Å². The van der Waals surface area contributed by atoms with Crippen molar-refractivity contribution in [1.82, 2.24) is 14.5 Å². The number of hydrogen-bond acceptors (Lipinski definition) is 4. The van der Waals surface area contributed by atoms with Gasteiger partial charge in [0, 0.05) is 11.5 Å². The zero-order valence-corrected chi connectivity index (χ0v) is 17.1. The molecule has 0 aliphatic carbocycles. The molecule has 0 aliphatic heterocycles. The number of nitrogens with one attached hydrogen (secondary N) is 1. The molecule has 0 unspecified atom stereocenters. The van der Waals surface area contributed by atoms with E-state index < -0.39 is 62.9 Å². The summed E-state index contributed by atoms with van der Waals surface area (Å²) in [5, 5.41) is 21.3.